The average Bonchev–Trinajstić information content (AvgIpc) is 3.49. The lowest BCUT2D eigenvalue weighted by molar-refractivity contribution is -0.574. The molecule has 6 N–H and O–H groups in total. The summed E-state index contributed by atoms with van der Waals surface area (Å²) in [4.78, 5) is 15.2. The minimum Gasteiger partial charge on any atom is -0.384 e. The van der Waals surface area contributed by atoms with Crippen molar-refractivity contribution in [2.45, 2.75) is 11.6 Å². The number of nitro groups is 1. The summed E-state index contributed by atoms with van der Waals surface area (Å²) in [5.74, 6) is 0.0476. The number of nitrogen functional groups attached to an aromatic ring is 1. The van der Waals surface area contributed by atoms with E-state index in [0.29, 0.717) is 33.2 Å². The molecule has 0 saturated heterocycles. The zero-order valence-corrected chi connectivity index (χ0v) is 17.1. The van der Waals surface area contributed by atoms with Crippen molar-refractivity contribution in [3.8, 4) is 0 Å². The maximum Gasteiger partial charge on any atom is 0.310 e. The van der Waals surface area contributed by atoms with Crippen molar-refractivity contribution in [1.82, 2.24) is 25.6 Å². The standard InChI is InChI=1S/C22H18N8O3/c23-20(24)13-6-7-17-14(8-13)10-18(25-17)22(30(32)33)11-15(21-26-28-29-27-21)9-16(19(22)31)12-4-2-1-3-5-12/h1-11,19,25,31H,(H3,23,24)(H,26,27,28,29). The van der Waals surface area contributed by atoms with Crippen molar-refractivity contribution >= 4 is 27.9 Å². The van der Waals surface area contributed by atoms with E-state index in [2.05, 4.69) is 25.6 Å². The van der Waals surface area contributed by atoms with Crippen LogP contribution in [0.1, 0.15) is 22.6 Å². The van der Waals surface area contributed by atoms with Gasteiger partial charge in [-0.25, -0.2) is 0 Å². The van der Waals surface area contributed by atoms with Gasteiger partial charge in [0, 0.05) is 33.0 Å². The van der Waals surface area contributed by atoms with Crippen LogP contribution in [0.4, 0.5) is 0 Å². The van der Waals surface area contributed by atoms with Crippen LogP contribution in [0.5, 0.6) is 0 Å². The van der Waals surface area contributed by atoms with E-state index in [1.807, 2.05) is 6.07 Å². The molecule has 33 heavy (non-hydrogen) atoms. The van der Waals surface area contributed by atoms with Gasteiger partial charge in [0.1, 0.15) is 11.5 Å². The molecular weight excluding hydrogens is 424 g/mol. The number of aliphatic hydroxyl groups is 1. The van der Waals surface area contributed by atoms with Crippen LogP contribution < -0.4 is 5.73 Å². The Balaban J connectivity index is 1.76. The Hall–Kier alpha value is -4.64. The van der Waals surface area contributed by atoms with Crippen LogP contribution in [-0.2, 0) is 5.54 Å². The first kappa shape index (κ1) is 20.3. The Morgan fingerprint density at radius 2 is 2.00 bits per heavy atom. The highest BCUT2D eigenvalue weighted by Gasteiger charge is 2.55. The Morgan fingerprint density at radius 1 is 1.21 bits per heavy atom. The molecule has 0 aliphatic heterocycles. The number of allylic oxidation sites excluding steroid dienone is 2. The van der Waals surface area contributed by atoms with E-state index in [1.54, 1.807) is 54.6 Å². The second-order valence-corrected chi connectivity index (χ2v) is 7.68. The normalized spacial score (nSPS) is 20.3. The van der Waals surface area contributed by atoms with Crippen molar-refractivity contribution < 1.29 is 10.0 Å². The molecule has 0 bridgehead atoms. The number of hydrogen-bond acceptors (Lipinski definition) is 7. The fourth-order valence-corrected chi connectivity index (χ4v) is 4.12. The largest absolute Gasteiger partial charge is 0.384 e. The predicted molar refractivity (Wildman–Crippen MR) is 121 cm³/mol. The van der Waals surface area contributed by atoms with E-state index in [4.69, 9.17) is 11.1 Å². The first-order chi connectivity index (χ1) is 15.9. The van der Waals surface area contributed by atoms with Gasteiger partial charge < -0.3 is 15.8 Å². The van der Waals surface area contributed by atoms with Crippen molar-refractivity contribution in [3.05, 3.63) is 99.5 Å². The van der Waals surface area contributed by atoms with E-state index in [9.17, 15) is 15.2 Å². The van der Waals surface area contributed by atoms with Gasteiger partial charge in [0.25, 0.3) is 0 Å². The molecule has 2 aromatic carbocycles. The molecule has 1 aliphatic rings. The fourth-order valence-electron chi connectivity index (χ4n) is 4.12. The molecule has 0 radical (unpaired) electrons. The first-order valence-corrected chi connectivity index (χ1v) is 9.94. The van der Waals surface area contributed by atoms with Gasteiger partial charge >= 0.3 is 5.54 Å². The van der Waals surface area contributed by atoms with Gasteiger partial charge in [-0.3, -0.25) is 15.5 Å². The Bertz CT molecular complexity index is 1440. The lowest BCUT2D eigenvalue weighted by atomic mass is 9.76. The molecule has 0 saturated carbocycles. The maximum atomic E-state index is 12.7. The van der Waals surface area contributed by atoms with Gasteiger partial charge in [0.05, 0.1) is 0 Å². The van der Waals surface area contributed by atoms with E-state index in [0.717, 1.165) is 0 Å². The summed E-state index contributed by atoms with van der Waals surface area (Å²) in [6, 6.07) is 15.5. The molecular formula is C22H18N8O3. The Labute approximate surface area is 186 Å². The number of nitrogens with zero attached hydrogens (tertiary/aromatic N) is 4. The summed E-state index contributed by atoms with van der Waals surface area (Å²) in [5, 5.41) is 46.3. The highest BCUT2D eigenvalue weighted by molar-refractivity contribution is 5.99. The number of hydrogen-bond donors (Lipinski definition) is 5. The van der Waals surface area contributed by atoms with Gasteiger partial charge in [-0.2, -0.15) is 5.21 Å². The van der Waals surface area contributed by atoms with Gasteiger partial charge in [0.15, 0.2) is 6.10 Å². The number of aromatic amines is 2. The third kappa shape index (κ3) is 3.18. The number of rotatable bonds is 5. The smallest absolute Gasteiger partial charge is 0.310 e. The number of H-pyrrole nitrogens is 2. The lowest BCUT2D eigenvalue weighted by Crippen LogP contribution is -2.47. The highest BCUT2D eigenvalue weighted by atomic mass is 16.6. The first-order valence-electron chi connectivity index (χ1n) is 9.94. The minimum absolute atomic E-state index is 0.116. The molecule has 4 aromatic rings. The van der Waals surface area contributed by atoms with Gasteiger partial charge in [-0.05, 0) is 46.7 Å². The number of tetrazole rings is 1. The highest BCUT2D eigenvalue weighted by Crippen LogP contribution is 2.44. The lowest BCUT2D eigenvalue weighted by Gasteiger charge is -2.32. The van der Waals surface area contributed by atoms with Gasteiger partial charge in [-0.15, -0.1) is 10.2 Å². The zero-order chi connectivity index (χ0) is 23.2. The van der Waals surface area contributed by atoms with Crippen LogP contribution in [0.2, 0.25) is 0 Å². The monoisotopic (exact) mass is 442 g/mol. The van der Waals surface area contributed by atoms with E-state index >= 15 is 0 Å². The SMILES string of the molecule is N=C(N)c1ccc2[nH]c(C3([N+](=O)[O-])C=C(c4nn[nH]n4)C=C(c4ccccc4)C3O)cc2c1. The Morgan fingerprint density at radius 3 is 2.67 bits per heavy atom. The third-order valence-corrected chi connectivity index (χ3v) is 5.77. The number of nitrogens with two attached hydrogens (primary N) is 1. The molecule has 164 valence electrons. The number of fused-ring (bicyclic) bond motifs is 1. The molecule has 0 fully saturated rings. The minimum atomic E-state index is -2.06. The molecule has 2 heterocycles. The maximum absolute atomic E-state index is 12.7. The summed E-state index contributed by atoms with van der Waals surface area (Å²) in [7, 11) is 0. The van der Waals surface area contributed by atoms with Crippen LogP contribution in [0, 0.1) is 15.5 Å². The van der Waals surface area contributed by atoms with Crippen LogP contribution >= 0.6 is 0 Å². The van der Waals surface area contributed by atoms with E-state index in [1.165, 1.54) is 6.08 Å². The average molecular weight is 442 g/mol. The number of amidine groups is 1. The second kappa shape index (κ2) is 7.50. The third-order valence-electron chi connectivity index (χ3n) is 5.77. The number of nitrogens with one attached hydrogen (secondary N) is 3. The fraction of sp³-hybridized carbons (Fsp3) is 0.0909. The van der Waals surface area contributed by atoms with Crippen LogP contribution in [-0.4, -0.2) is 47.6 Å². The number of aromatic nitrogens is 5. The molecule has 1 aliphatic carbocycles. The summed E-state index contributed by atoms with van der Waals surface area (Å²) >= 11 is 0. The molecule has 2 atom stereocenters. The second-order valence-electron chi connectivity index (χ2n) is 7.68. The molecule has 11 heteroatoms. The van der Waals surface area contributed by atoms with Crippen LogP contribution in [0.25, 0.3) is 22.0 Å². The number of aliphatic hydroxyl groups excluding tert-OH is 1. The van der Waals surface area contributed by atoms with Gasteiger partial charge in [0.2, 0.25) is 5.82 Å². The summed E-state index contributed by atoms with van der Waals surface area (Å²) in [5.41, 5.74) is 6.09. The Kier molecular flexibility index (Phi) is 4.61. The molecule has 2 unspecified atom stereocenters. The van der Waals surface area contributed by atoms with E-state index < -0.39 is 16.6 Å². The molecule has 5 rings (SSSR count). The summed E-state index contributed by atoms with van der Waals surface area (Å²) in [6.45, 7) is 0. The van der Waals surface area contributed by atoms with Crippen LogP contribution in [0.15, 0.2) is 66.7 Å². The van der Waals surface area contributed by atoms with Crippen molar-refractivity contribution in [2.75, 3.05) is 0 Å². The molecule has 2 aromatic heterocycles. The predicted octanol–water partition coefficient (Wildman–Crippen LogP) is 1.98. The molecule has 11 nitrogen and oxygen atoms in total. The summed E-state index contributed by atoms with van der Waals surface area (Å²) in [6.07, 6.45) is 1.44. The van der Waals surface area contributed by atoms with E-state index in [-0.39, 0.29) is 17.4 Å². The van der Waals surface area contributed by atoms with Gasteiger partial charge in [-0.1, -0.05) is 30.3 Å². The molecule has 0 amide bonds. The van der Waals surface area contributed by atoms with Crippen molar-refractivity contribution in [1.29, 1.82) is 5.41 Å². The topological polar surface area (TPSA) is 183 Å². The van der Waals surface area contributed by atoms with Crippen LogP contribution in [0.3, 0.4) is 0 Å². The zero-order valence-electron chi connectivity index (χ0n) is 17.1. The quantitative estimate of drug-likeness (QED) is 0.135. The molecule has 0 spiro atoms. The summed E-state index contributed by atoms with van der Waals surface area (Å²) < 4.78 is 0. The van der Waals surface area contributed by atoms with Crippen molar-refractivity contribution in [3.63, 3.8) is 0 Å². The number of benzene rings is 2. The van der Waals surface area contributed by atoms with Crippen molar-refractivity contribution in [2.24, 2.45) is 5.73 Å².